The van der Waals surface area contributed by atoms with Gasteiger partial charge in [0.2, 0.25) is 0 Å². The van der Waals surface area contributed by atoms with Crippen LogP contribution in [0.15, 0.2) is 42.5 Å². The lowest BCUT2D eigenvalue weighted by atomic mass is 10.0. The molecule has 2 nitrogen and oxygen atoms in total. The van der Waals surface area contributed by atoms with Crippen LogP contribution in [0, 0.1) is 0 Å². The van der Waals surface area contributed by atoms with E-state index in [1.807, 2.05) is 18.2 Å². The van der Waals surface area contributed by atoms with E-state index in [4.69, 9.17) is 0 Å². The molecule has 0 aliphatic rings. The second-order valence-electron chi connectivity index (χ2n) is 4.06. The maximum absolute atomic E-state index is 11.9. The number of alkyl halides is 3. The minimum atomic E-state index is -4.42. The van der Waals surface area contributed by atoms with E-state index in [9.17, 15) is 18.0 Å². The Kier molecular flexibility index (Phi) is 3.85. The number of carbonyl (C=O) groups is 1. The Morgan fingerprint density at radius 3 is 2.47 bits per heavy atom. The van der Waals surface area contributed by atoms with Crippen LogP contribution in [0.2, 0.25) is 0 Å². The molecular formula is C14H11F3O2. The number of benzene rings is 2. The standard InChI is InChI=1S/C14H11F3O2/c15-14(16,17)9-19-8-13(18)12-7-3-5-10-4-1-2-6-11(10)12/h1-7H,8-9H2. The second kappa shape index (κ2) is 5.40. The zero-order chi connectivity index (χ0) is 13.9. The third kappa shape index (κ3) is 3.54. The lowest BCUT2D eigenvalue weighted by Gasteiger charge is -2.08. The van der Waals surface area contributed by atoms with Crippen molar-refractivity contribution in [1.82, 2.24) is 0 Å². The zero-order valence-corrected chi connectivity index (χ0v) is 9.91. The Morgan fingerprint density at radius 1 is 1.05 bits per heavy atom. The van der Waals surface area contributed by atoms with Crippen LogP contribution in [0.25, 0.3) is 10.8 Å². The summed E-state index contributed by atoms with van der Waals surface area (Å²) in [4.78, 5) is 11.9. The summed E-state index contributed by atoms with van der Waals surface area (Å²) < 4.78 is 40.2. The molecule has 0 fully saturated rings. The van der Waals surface area contributed by atoms with Gasteiger partial charge in [-0.25, -0.2) is 0 Å². The van der Waals surface area contributed by atoms with Crippen molar-refractivity contribution in [1.29, 1.82) is 0 Å². The maximum Gasteiger partial charge on any atom is 0.411 e. The van der Waals surface area contributed by atoms with Gasteiger partial charge in [0, 0.05) is 5.56 Å². The van der Waals surface area contributed by atoms with Crippen molar-refractivity contribution in [3.63, 3.8) is 0 Å². The highest BCUT2D eigenvalue weighted by Crippen LogP contribution is 2.19. The summed E-state index contributed by atoms with van der Waals surface area (Å²) >= 11 is 0. The fourth-order valence-electron chi connectivity index (χ4n) is 1.81. The number of hydrogen-bond donors (Lipinski definition) is 0. The van der Waals surface area contributed by atoms with E-state index in [1.165, 1.54) is 0 Å². The van der Waals surface area contributed by atoms with Gasteiger partial charge in [-0.1, -0.05) is 42.5 Å². The predicted octanol–water partition coefficient (Wildman–Crippen LogP) is 3.60. The Morgan fingerprint density at radius 2 is 1.74 bits per heavy atom. The first kappa shape index (κ1) is 13.5. The summed E-state index contributed by atoms with van der Waals surface area (Å²) in [6.07, 6.45) is -4.42. The summed E-state index contributed by atoms with van der Waals surface area (Å²) in [7, 11) is 0. The number of fused-ring (bicyclic) bond motifs is 1. The summed E-state index contributed by atoms with van der Waals surface area (Å²) in [5.74, 6) is -0.457. The van der Waals surface area contributed by atoms with Crippen LogP contribution in [0.3, 0.4) is 0 Å². The Balaban J connectivity index is 2.14. The zero-order valence-electron chi connectivity index (χ0n) is 9.91. The van der Waals surface area contributed by atoms with Gasteiger partial charge in [-0.2, -0.15) is 13.2 Å². The molecule has 0 atom stereocenters. The molecule has 0 aliphatic heterocycles. The fraction of sp³-hybridized carbons (Fsp3) is 0.214. The molecule has 0 aliphatic carbocycles. The average molecular weight is 268 g/mol. The van der Waals surface area contributed by atoms with E-state index in [2.05, 4.69) is 4.74 Å². The van der Waals surface area contributed by atoms with Gasteiger partial charge in [0.25, 0.3) is 0 Å². The maximum atomic E-state index is 11.9. The fourth-order valence-corrected chi connectivity index (χ4v) is 1.81. The Hall–Kier alpha value is -1.88. The molecule has 2 aromatic rings. The molecule has 0 heterocycles. The SMILES string of the molecule is O=C(COCC(F)(F)F)c1cccc2ccccc12. The predicted molar refractivity (Wildman–Crippen MR) is 65.2 cm³/mol. The van der Waals surface area contributed by atoms with Gasteiger partial charge in [0.1, 0.15) is 13.2 Å². The first-order valence-corrected chi connectivity index (χ1v) is 5.63. The molecule has 2 rings (SSSR count). The van der Waals surface area contributed by atoms with Gasteiger partial charge in [0.05, 0.1) is 0 Å². The van der Waals surface area contributed by atoms with Crippen LogP contribution in [0.4, 0.5) is 13.2 Å². The van der Waals surface area contributed by atoms with Crippen LogP contribution in [0.1, 0.15) is 10.4 Å². The van der Waals surface area contributed by atoms with Gasteiger partial charge >= 0.3 is 6.18 Å². The van der Waals surface area contributed by atoms with Crippen molar-refractivity contribution >= 4 is 16.6 Å². The molecule has 0 saturated heterocycles. The van der Waals surface area contributed by atoms with Crippen LogP contribution in [0.5, 0.6) is 0 Å². The monoisotopic (exact) mass is 268 g/mol. The number of carbonyl (C=O) groups excluding carboxylic acids is 1. The van der Waals surface area contributed by atoms with E-state index in [0.29, 0.717) is 10.9 Å². The molecule has 100 valence electrons. The van der Waals surface area contributed by atoms with Gasteiger partial charge in [0.15, 0.2) is 5.78 Å². The smallest absolute Gasteiger partial charge is 0.364 e. The Bertz CT molecular complexity index is 585. The summed E-state index contributed by atoms with van der Waals surface area (Å²) in [6, 6.07) is 12.3. The molecule has 0 spiro atoms. The van der Waals surface area contributed by atoms with E-state index >= 15 is 0 Å². The van der Waals surface area contributed by atoms with Crippen LogP contribution < -0.4 is 0 Å². The first-order chi connectivity index (χ1) is 8.97. The molecule has 0 bridgehead atoms. The van der Waals surface area contributed by atoms with E-state index in [0.717, 1.165) is 5.39 Å². The van der Waals surface area contributed by atoms with Crippen LogP contribution in [-0.4, -0.2) is 25.2 Å². The number of rotatable bonds is 4. The van der Waals surface area contributed by atoms with E-state index in [1.54, 1.807) is 24.3 Å². The molecule has 2 aromatic carbocycles. The lowest BCUT2D eigenvalue weighted by Crippen LogP contribution is -2.20. The minimum Gasteiger partial charge on any atom is -0.364 e. The largest absolute Gasteiger partial charge is 0.411 e. The van der Waals surface area contributed by atoms with Gasteiger partial charge in [-0.15, -0.1) is 0 Å². The summed E-state index contributed by atoms with van der Waals surface area (Å²) in [5, 5.41) is 1.58. The molecule has 0 amide bonds. The normalized spacial score (nSPS) is 11.7. The lowest BCUT2D eigenvalue weighted by molar-refractivity contribution is -0.170. The van der Waals surface area contributed by atoms with Crippen molar-refractivity contribution in [2.24, 2.45) is 0 Å². The summed E-state index contributed by atoms with van der Waals surface area (Å²) in [5.41, 5.74) is 0.375. The molecule has 0 saturated carbocycles. The van der Waals surface area contributed by atoms with Crippen molar-refractivity contribution < 1.29 is 22.7 Å². The number of Topliss-reactive ketones (excluding diaryl/α,β-unsaturated/α-hetero) is 1. The molecule has 0 radical (unpaired) electrons. The molecule has 19 heavy (non-hydrogen) atoms. The molecule has 0 N–H and O–H groups in total. The number of halogens is 3. The quantitative estimate of drug-likeness (QED) is 0.792. The first-order valence-electron chi connectivity index (χ1n) is 5.63. The van der Waals surface area contributed by atoms with Gasteiger partial charge in [-0.05, 0) is 10.8 Å². The third-order valence-corrected chi connectivity index (χ3v) is 2.59. The number of ether oxygens (including phenoxy) is 1. The highest BCUT2D eigenvalue weighted by molar-refractivity contribution is 6.08. The van der Waals surface area contributed by atoms with E-state index in [-0.39, 0.29) is 0 Å². The van der Waals surface area contributed by atoms with E-state index < -0.39 is 25.2 Å². The van der Waals surface area contributed by atoms with Crippen molar-refractivity contribution in [3.8, 4) is 0 Å². The topological polar surface area (TPSA) is 26.3 Å². The van der Waals surface area contributed by atoms with Gasteiger partial charge < -0.3 is 4.74 Å². The number of ketones is 1. The Labute approximate surface area is 107 Å². The molecule has 0 unspecified atom stereocenters. The second-order valence-corrected chi connectivity index (χ2v) is 4.06. The highest BCUT2D eigenvalue weighted by atomic mass is 19.4. The van der Waals surface area contributed by atoms with Crippen molar-refractivity contribution in [2.75, 3.05) is 13.2 Å². The number of hydrogen-bond acceptors (Lipinski definition) is 2. The molecular weight excluding hydrogens is 257 g/mol. The molecule has 5 heteroatoms. The van der Waals surface area contributed by atoms with Gasteiger partial charge in [-0.3, -0.25) is 4.79 Å². The minimum absolute atomic E-state index is 0.375. The average Bonchev–Trinajstić information content (AvgIpc) is 2.36. The van der Waals surface area contributed by atoms with Crippen LogP contribution in [-0.2, 0) is 4.74 Å². The van der Waals surface area contributed by atoms with Crippen LogP contribution >= 0.6 is 0 Å². The molecule has 0 aromatic heterocycles. The highest BCUT2D eigenvalue weighted by Gasteiger charge is 2.27. The van der Waals surface area contributed by atoms with Crippen molar-refractivity contribution in [2.45, 2.75) is 6.18 Å². The van der Waals surface area contributed by atoms with Crippen molar-refractivity contribution in [3.05, 3.63) is 48.0 Å². The third-order valence-electron chi connectivity index (χ3n) is 2.59. The summed E-state index contributed by atoms with van der Waals surface area (Å²) in [6.45, 7) is -1.99.